The van der Waals surface area contributed by atoms with Gasteiger partial charge in [-0.25, -0.2) is 4.98 Å². The number of carbonyl (C=O) groups is 1. The minimum Gasteiger partial charge on any atom is -0.496 e. The van der Waals surface area contributed by atoms with Crippen LogP contribution in [0, 0.1) is 13.8 Å². The first-order valence-corrected chi connectivity index (χ1v) is 11.3. The van der Waals surface area contributed by atoms with Crippen LogP contribution in [0.3, 0.4) is 0 Å². The average Bonchev–Trinajstić information content (AvgIpc) is 3.37. The van der Waals surface area contributed by atoms with Crippen LogP contribution in [0.2, 0.25) is 0 Å². The highest BCUT2D eigenvalue weighted by atomic mass is 32.1. The Bertz CT molecular complexity index is 1390. The van der Waals surface area contributed by atoms with E-state index in [0.29, 0.717) is 28.2 Å². The van der Waals surface area contributed by atoms with Crippen LogP contribution in [0.5, 0.6) is 17.2 Å². The topological polar surface area (TPSA) is 87.5 Å². The van der Waals surface area contributed by atoms with Crippen LogP contribution in [0.15, 0.2) is 30.3 Å². The number of carbonyl (C=O) groups excluding carboxylic acids is 1. The fourth-order valence-corrected chi connectivity index (χ4v) is 5.41. The van der Waals surface area contributed by atoms with Crippen LogP contribution in [0.4, 0.5) is 5.82 Å². The number of aromatic nitrogens is 3. The first-order chi connectivity index (χ1) is 15.9. The van der Waals surface area contributed by atoms with Gasteiger partial charge in [0.1, 0.15) is 11.6 Å². The van der Waals surface area contributed by atoms with Crippen molar-refractivity contribution in [3.8, 4) is 22.4 Å². The molecule has 1 amide bonds. The Hall–Kier alpha value is -3.59. The van der Waals surface area contributed by atoms with Gasteiger partial charge in [0.2, 0.25) is 11.0 Å². The van der Waals surface area contributed by atoms with Gasteiger partial charge in [-0.3, -0.25) is 4.79 Å². The summed E-state index contributed by atoms with van der Waals surface area (Å²) in [5.41, 5.74) is 4.68. The lowest BCUT2D eigenvalue weighted by Crippen LogP contribution is -2.25. The van der Waals surface area contributed by atoms with Crippen molar-refractivity contribution in [2.45, 2.75) is 26.2 Å². The number of hydrogen-bond donors (Lipinski definition) is 1. The lowest BCUT2D eigenvalue weighted by atomic mass is 9.85. The fraction of sp³-hybridized carbons (Fsp3) is 0.292. The van der Waals surface area contributed by atoms with Crippen molar-refractivity contribution in [1.29, 1.82) is 0 Å². The number of hydrogen-bond acceptors (Lipinski definition) is 7. The van der Waals surface area contributed by atoms with Crippen LogP contribution in [-0.4, -0.2) is 42.0 Å². The molecule has 4 aromatic rings. The number of benzene rings is 2. The summed E-state index contributed by atoms with van der Waals surface area (Å²) in [7, 11) is 4.77. The number of thiazole rings is 1. The molecule has 0 aliphatic carbocycles. The molecule has 8 nitrogen and oxygen atoms in total. The van der Waals surface area contributed by atoms with Crippen LogP contribution < -0.4 is 19.5 Å². The highest BCUT2D eigenvalue weighted by Crippen LogP contribution is 2.46. The van der Waals surface area contributed by atoms with E-state index in [-0.39, 0.29) is 18.2 Å². The van der Waals surface area contributed by atoms with Crippen molar-refractivity contribution in [3.05, 3.63) is 52.7 Å². The van der Waals surface area contributed by atoms with Gasteiger partial charge in [0.05, 0.1) is 37.2 Å². The normalized spacial score (nSPS) is 15.3. The summed E-state index contributed by atoms with van der Waals surface area (Å²) in [5.74, 6) is 2.06. The van der Waals surface area contributed by atoms with Gasteiger partial charge in [-0.05, 0) is 37.6 Å². The zero-order valence-electron chi connectivity index (χ0n) is 19.1. The molecular formula is C24H24N4O4S. The van der Waals surface area contributed by atoms with Crippen molar-refractivity contribution in [2.24, 2.45) is 0 Å². The maximum atomic E-state index is 12.8. The second-order valence-electron chi connectivity index (χ2n) is 7.98. The summed E-state index contributed by atoms with van der Waals surface area (Å²) in [4.78, 5) is 17.6. The third-order valence-corrected chi connectivity index (χ3v) is 6.92. The highest BCUT2D eigenvalue weighted by molar-refractivity contribution is 7.20. The molecule has 0 unspecified atom stereocenters. The Morgan fingerprint density at radius 3 is 2.48 bits per heavy atom. The quantitative estimate of drug-likeness (QED) is 0.465. The summed E-state index contributed by atoms with van der Waals surface area (Å²) < 4.78 is 19.4. The summed E-state index contributed by atoms with van der Waals surface area (Å²) in [6.07, 6.45) is 0.268. The predicted octanol–water partition coefficient (Wildman–Crippen LogP) is 4.60. The van der Waals surface area contributed by atoms with Crippen molar-refractivity contribution in [2.75, 3.05) is 26.6 Å². The van der Waals surface area contributed by atoms with Crippen molar-refractivity contribution in [3.63, 3.8) is 0 Å². The van der Waals surface area contributed by atoms with E-state index in [9.17, 15) is 4.79 Å². The molecule has 1 aliphatic heterocycles. The lowest BCUT2D eigenvalue weighted by Gasteiger charge is -2.26. The summed E-state index contributed by atoms with van der Waals surface area (Å²) >= 11 is 1.54. The van der Waals surface area contributed by atoms with E-state index in [1.165, 1.54) is 5.56 Å². The lowest BCUT2D eigenvalue weighted by molar-refractivity contribution is -0.116. The maximum Gasteiger partial charge on any atom is 0.226 e. The Morgan fingerprint density at radius 1 is 1.03 bits per heavy atom. The molecule has 1 N–H and O–H groups in total. The molecule has 0 saturated carbocycles. The molecule has 170 valence electrons. The van der Waals surface area contributed by atoms with Crippen LogP contribution in [0.25, 0.3) is 15.3 Å². The summed E-state index contributed by atoms with van der Waals surface area (Å²) in [5, 5.41) is 8.51. The molecule has 0 spiro atoms. The molecule has 0 radical (unpaired) electrons. The number of fused-ring (bicyclic) bond motifs is 2. The Balaban J connectivity index is 1.68. The monoisotopic (exact) mass is 464 g/mol. The van der Waals surface area contributed by atoms with Gasteiger partial charge >= 0.3 is 0 Å². The van der Waals surface area contributed by atoms with E-state index in [1.807, 2.05) is 25.1 Å². The molecule has 2 aromatic heterocycles. The van der Waals surface area contributed by atoms with E-state index < -0.39 is 0 Å². The van der Waals surface area contributed by atoms with Crippen molar-refractivity contribution < 1.29 is 19.0 Å². The highest BCUT2D eigenvalue weighted by Gasteiger charge is 2.35. The summed E-state index contributed by atoms with van der Waals surface area (Å²) in [6, 6.07) is 9.81. The Morgan fingerprint density at radius 2 is 1.76 bits per heavy atom. The van der Waals surface area contributed by atoms with E-state index in [0.717, 1.165) is 27.0 Å². The number of aryl methyl sites for hydroxylation is 2. The third-order valence-electron chi connectivity index (χ3n) is 5.93. The van der Waals surface area contributed by atoms with E-state index in [2.05, 4.69) is 18.3 Å². The number of rotatable bonds is 5. The number of amides is 1. The second-order valence-corrected chi connectivity index (χ2v) is 8.99. The summed E-state index contributed by atoms with van der Waals surface area (Å²) in [6.45, 7) is 4.00. The van der Waals surface area contributed by atoms with Gasteiger partial charge in [-0.15, -0.1) is 0 Å². The van der Waals surface area contributed by atoms with Crippen molar-refractivity contribution in [1.82, 2.24) is 14.8 Å². The number of anilines is 1. The minimum atomic E-state index is -0.256. The molecule has 0 bridgehead atoms. The number of nitrogens with zero attached hydrogens (tertiary/aromatic N) is 3. The van der Waals surface area contributed by atoms with Crippen molar-refractivity contribution >= 4 is 33.3 Å². The molecular weight excluding hydrogens is 440 g/mol. The number of ether oxygens (including phenoxy) is 3. The zero-order chi connectivity index (χ0) is 23.3. The first kappa shape index (κ1) is 21.3. The molecule has 0 saturated heterocycles. The smallest absolute Gasteiger partial charge is 0.226 e. The standard InChI is InChI=1S/C24H24N4O4S/c1-12-6-7-16-20(8-12)33-24(25-16)28-23-22(13(2)27-28)15(10-21(29)26-23)14-9-18(31-4)19(32-5)11-17(14)30-3/h6-9,11,15H,10H2,1-5H3,(H,26,29)/t15-/m1/s1. The SMILES string of the molecule is COc1cc(OC)c([C@H]2CC(=O)Nc3c2c(C)nn3-c2nc3ccc(C)cc3s2)cc1OC. The van der Waals surface area contributed by atoms with Crippen LogP contribution in [-0.2, 0) is 4.79 Å². The minimum absolute atomic E-state index is 0.0950. The van der Waals surface area contributed by atoms with Gasteiger partial charge in [0.15, 0.2) is 11.5 Å². The zero-order valence-corrected chi connectivity index (χ0v) is 19.9. The molecule has 2 aromatic carbocycles. The molecule has 1 atom stereocenters. The average molecular weight is 465 g/mol. The predicted molar refractivity (Wildman–Crippen MR) is 127 cm³/mol. The molecule has 0 fully saturated rings. The van der Waals surface area contributed by atoms with E-state index >= 15 is 0 Å². The van der Waals surface area contributed by atoms with Gasteiger partial charge in [0.25, 0.3) is 0 Å². The molecule has 9 heteroatoms. The van der Waals surface area contributed by atoms with Crippen LogP contribution in [0.1, 0.15) is 34.7 Å². The Labute approximate surface area is 195 Å². The van der Waals surface area contributed by atoms with Gasteiger partial charge in [-0.2, -0.15) is 9.78 Å². The van der Waals surface area contributed by atoms with Gasteiger partial charge in [0, 0.05) is 29.5 Å². The molecule has 5 rings (SSSR count). The second kappa shape index (κ2) is 8.08. The number of nitrogens with one attached hydrogen (secondary N) is 1. The van der Waals surface area contributed by atoms with Gasteiger partial charge in [-0.1, -0.05) is 17.4 Å². The first-order valence-electron chi connectivity index (χ1n) is 10.5. The molecule has 3 heterocycles. The van der Waals surface area contributed by atoms with Gasteiger partial charge < -0.3 is 19.5 Å². The largest absolute Gasteiger partial charge is 0.496 e. The number of methoxy groups -OCH3 is 3. The van der Waals surface area contributed by atoms with E-state index in [1.54, 1.807) is 43.4 Å². The maximum absolute atomic E-state index is 12.8. The molecule has 1 aliphatic rings. The third kappa shape index (κ3) is 3.48. The van der Waals surface area contributed by atoms with E-state index in [4.69, 9.17) is 24.3 Å². The molecule has 33 heavy (non-hydrogen) atoms. The fourth-order valence-electron chi connectivity index (χ4n) is 4.39. The van der Waals surface area contributed by atoms with Crippen LogP contribution >= 0.6 is 11.3 Å². The Kier molecular flexibility index (Phi) is 5.20.